The van der Waals surface area contributed by atoms with Crippen molar-refractivity contribution in [1.29, 1.82) is 0 Å². The number of aromatic nitrogens is 1. The lowest BCUT2D eigenvalue weighted by atomic mass is 10.1. The largest absolute Gasteiger partial charge is 0.397 e. The summed E-state index contributed by atoms with van der Waals surface area (Å²) in [5, 5.41) is 0.973. The van der Waals surface area contributed by atoms with Crippen LogP contribution in [-0.2, 0) is 4.74 Å². The van der Waals surface area contributed by atoms with Crippen molar-refractivity contribution in [3.8, 4) is 0 Å². The predicted molar refractivity (Wildman–Crippen MR) is 78.6 cm³/mol. The van der Waals surface area contributed by atoms with E-state index in [1.807, 2.05) is 29.2 Å². The number of hydrogen-bond acceptors (Lipinski definition) is 3. The van der Waals surface area contributed by atoms with Gasteiger partial charge in [-0.1, -0.05) is 12.1 Å². The smallest absolute Gasteiger partial charge is 0.270 e. The molecule has 1 aliphatic heterocycles. The third-order valence-electron chi connectivity index (χ3n) is 3.89. The summed E-state index contributed by atoms with van der Waals surface area (Å²) in [5.41, 5.74) is 8.02. The highest BCUT2D eigenvalue weighted by Crippen LogP contribution is 2.24. The van der Waals surface area contributed by atoms with Gasteiger partial charge in [-0.25, -0.2) is 0 Å². The molecule has 1 fully saturated rings. The van der Waals surface area contributed by atoms with Gasteiger partial charge in [-0.3, -0.25) is 4.79 Å². The average Bonchev–Trinajstić information content (AvgIpc) is 3.05. The number of nitrogen functional groups attached to an aromatic ring is 1. The maximum absolute atomic E-state index is 12.5. The molecule has 1 aromatic heterocycles. The summed E-state index contributed by atoms with van der Waals surface area (Å²) < 4.78 is 5.16. The van der Waals surface area contributed by atoms with E-state index in [0.717, 1.165) is 30.4 Å². The minimum atomic E-state index is 0.0409. The monoisotopic (exact) mass is 273 g/mol. The second-order valence-corrected chi connectivity index (χ2v) is 5.36. The van der Waals surface area contributed by atoms with Gasteiger partial charge in [-0.05, 0) is 18.6 Å². The fourth-order valence-electron chi connectivity index (χ4n) is 2.85. The van der Waals surface area contributed by atoms with E-state index in [4.69, 9.17) is 10.5 Å². The molecule has 1 saturated heterocycles. The molecule has 3 N–H and O–H groups in total. The van der Waals surface area contributed by atoms with Gasteiger partial charge in [0.1, 0.15) is 5.69 Å². The van der Waals surface area contributed by atoms with Crippen LogP contribution in [0.15, 0.2) is 24.3 Å². The number of rotatable bonds is 3. The Hall–Kier alpha value is -2.01. The van der Waals surface area contributed by atoms with Gasteiger partial charge in [0.25, 0.3) is 5.91 Å². The fourth-order valence-corrected chi connectivity index (χ4v) is 2.85. The summed E-state index contributed by atoms with van der Waals surface area (Å²) in [6.45, 7) is 2.26. The molecule has 0 spiro atoms. The minimum absolute atomic E-state index is 0.0409. The number of likely N-dealkylation sites (tertiary alicyclic amines) is 1. The maximum atomic E-state index is 12.5. The fraction of sp³-hybridized carbons (Fsp3) is 0.400. The molecule has 5 heteroatoms. The normalized spacial score (nSPS) is 18.9. The van der Waals surface area contributed by atoms with Crippen LogP contribution in [0.25, 0.3) is 10.9 Å². The molecule has 3 rings (SSSR count). The highest BCUT2D eigenvalue weighted by atomic mass is 16.5. The molecule has 0 radical (unpaired) electrons. The molecule has 1 aliphatic rings. The number of H-pyrrole nitrogens is 1. The van der Waals surface area contributed by atoms with E-state index in [2.05, 4.69) is 4.98 Å². The Balaban J connectivity index is 1.81. The zero-order valence-electron chi connectivity index (χ0n) is 11.6. The number of anilines is 1. The number of nitrogens with two attached hydrogens (primary N) is 1. The number of carbonyl (C=O) groups is 1. The summed E-state index contributed by atoms with van der Waals surface area (Å²) in [7, 11) is 1.70. The molecule has 0 aliphatic carbocycles. The van der Waals surface area contributed by atoms with Crippen molar-refractivity contribution in [2.75, 3.05) is 32.5 Å². The molecule has 5 nitrogen and oxygen atoms in total. The summed E-state index contributed by atoms with van der Waals surface area (Å²) in [5.74, 6) is 0.484. The number of nitrogens with zero attached hydrogens (tertiary/aromatic N) is 1. The number of aromatic amines is 1. The highest BCUT2D eigenvalue weighted by Gasteiger charge is 2.27. The first-order valence-electron chi connectivity index (χ1n) is 6.84. The Bertz CT molecular complexity index is 635. The van der Waals surface area contributed by atoms with E-state index in [9.17, 15) is 4.79 Å². The first-order chi connectivity index (χ1) is 9.69. The van der Waals surface area contributed by atoms with E-state index >= 15 is 0 Å². The van der Waals surface area contributed by atoms with Gasteiger partial charge < -0.3 is 20.4 Å². The third-order valence-corrected chi connectivity index (χ3v) is 3.89. The van der Waals surface area contributed by atoms with E-state index in [0.29, 0.717) is 23.9 Å². The van der Waals surface area contributed by atoms with Crippen molar-refractivity contribution in [1.82, 2.24) is 9.88 Å². The molecule has 2 aromatic rings. The van der Waals surface area contributed by atoms with Crippen molar-refractivity contribution in [2.24, 2.45) is 5.92 Å². The molecule has 0 bridgehead atoms. The summed E-state index contributed by atoms with van der Waals surface area (Å²) in [6.07, 6.45) is 1.00. The van der Waals surface area contributed by atoms with Gasteiger partial charge in [0, 0.05) is 31.5 Å². The van der Waals surface area contributed by atoms with Gasteiger partial charge in [-0.2, -0.15) is 0 Å². The second-order valence-electron chi connectivity index (χ2n) is 5.36. The zero-order valence-corrected chi connectivity index (χ0v) is 11.6. The van der Waals surface area contributed by atoms with Crippen LogP contribution >= 0.6 is 0 Å². The third kappa shape index (κ3) is 2.25. The molecular weight excluding hydrogens is 254 g/mol. The quantitative estimate of drug-likeness (QED) is 0.838. The van der Waals surface area contributed by atoms with Crippen molar-refractivity contribution < 1.29 is 9.53 Å². The molecule has 2 heterocycles. The van der Waals surface area contributed by atoms with Crippen LogP contribution < -0.4 is 5.73 Å². The lowest BCUT2D eigenvalue weighted by molar-refractivity contribution is 0.0770. The van der Waals surface area contributed by atoms with Gasteiger partial charge in [0.2, 0.25) is 0 Å². The van der Waals surface area contributed by atoms with E-state index in [1.54, 1.807) is 7.11 Å². The van der Waals surface area contributed by atoms with Crippen LogP contribution in [0.4, 0.5) is 5.69 Å². The molecule has 106 valence electrons. The second kappa shape index (κ2) is 5.17. The van der Waals surface area contributed by atoms with Crippen LogP contribution in [-0.4, -0.2) is 42.6 Å². The topological polar surface area (TPSA) is 71.3 Å². The number of fused-ring (bicyclic) bond motifs is 1. The Kier molecular flexibility index (Phi) is 3.36. The number of hydrogen-bond donors (Lipinski definition) is 2. The standard InChI is InChI=1S/C15H19N3O2/c1-20-9-10-5-6-18(8-10)15(19)13-7-11-3-2-4-12(16)14(11)17-13/h2-4,7,10,17H,5-6,8-9,16H2,1H3. The van der Waals surface area contributed by atoms with Gasteiger partial charge in [0.05, 0.1) is 17.8 Å². The lowest BCUT2D eigenvalue weighted by Gasteiger charge is -2.15. The molecule has 20 heavy (non-hydrogen) atoms. The average molecular weight is 273 g/mol. The van der Waals surface area contributed by atoms with Gasteiger partial charge in [0.15, 0.2) is 0 Å². The van der Waals surface area contributed by atoms with Gasteiger partial charge >= 0.3 is 0 Å². The van der Waals surface area contributed by atoms with Crippen LogP contribution in [0.2, 0.25) is 0 Å². The first kappa shape index (κ1) is 13.0. The lowest BCUT2D eigenvalue weighted by Crippen LogP contribution is -2.29. The summed E-state index contributed by atoms with van der Waals surface area (Å²) in [6, 6.07) is 7.55. The number of ether oxygens (including phenoxy) is 1. The van der Waals surface area contributed by atoms with Crippen molar-refractivity contribution >= 4 is 22.5 Å². The Morgan fingerprint density at radius 2 is 2.40 bits per heavy atom. The van der Waals surface area contributed by atoms with Crippen molar-refractivity contribution in [2.45, 2.75) is 6.42 Å². The zero-order chi connectivity index (χ0) is 14.1. The van der Waals surface area contributed by atoms with E-state index in [1.165, 1.54) is 0 Å². The predicted octanol–water partition coefficient (Wildman–Crippen LogP) is 1.86. The Labute approximate surface area is 117 Å². The summed E-state index contributed by atoms with van der Waals surface area (Å²) >= 11 is 0. The van der Waals surface area contributed by atoms with E-state index in [-0.39, 0.29) is 5.91 Å². The van der Waals surface area contributed by atoms with Gasteiger partial charge in [-0.15, -0.1) is 0 Å². The number of methoxy groups -OCH3 is 1. The van der Waals surface area contributed by atoms with Crippen molar-refractivity contribution in [3.63, 3.8) is 0 Å². The van der Waals surface area contributed by atoms with Crippen molar-refractivity contribution in [3.05, 3.63) is 30.0 Å². The number of benzene rings is 1. The maximum Gasteiger partial charge on any atom is 0.270 e. The molecule has 0 saturated carbocycles. The van der Waals surface area contributed by atoms with E-state index < -0.39 is 0 Å². The highest BCUT2D eigenvalue weighted by molar-refractivity contribution is 6.00. The Morgan fingerprint density at radius 1 is 1.55 bits per heavy atom. The molecule has 1 atom stereocenters. The van der Waals surface area contributed by atoms with Crippen LogP contribution in [0.5, 0.6) is 0 Å². The molecule has 1 amide bonds. The minimum Gasteiger partial charge on any atom is -0.397 e. The Morgan fingerprint density at radius 3 is 3.15 bits per heavy atom. The molecule has 1 unspecified atom stereocenters. The molecular formula is C15H19N3O2. The SMILES string of the molecule is COCC1CCN(C(=O)c2cc3cccc(N)c3[nH]2)C1. The number of amides is 1. The molecule has 1 aromatic carbocycles. The summed E-state index contributed by atoms with van der Waals surface area (Å²) in [4.78, 5) is 17.5. The van der Waals surface area contributed by atoms with Crippen LogP contribution in [0, 0.1) is 5.92 Å². The van der Waals surface area contributed by atoms with Crippen LogP contribution in [0.3, 0.4) is 0 Å². The number of para-hydroxylation sites is 1. The van der Waals surface area contributed by atoms with Crippen LogP contribution in [0.1, 0.15) is 16.9 Å². The first-order valence-corrected chi connectivity index (χ1v) is 6.84. The number of nitrogens with one attached hydrogen (secondary N) is 1. The number of carbonyl (C=O) groups excluding carboxylic acids is 1.